The van der Waals surface area contributed by atoms with Crippen LogP contribution in [0.4, 0.5) is 0 Å². The predicted molar refractivity (Wildman–Crippen MR) is 112 cm³/mol. The molecule has 4 nitrogen and oxygen atoms in total. The van der Waals surface area contributed by atoms with E-state index >= 15 is 0 Å². The molecule has 1 aliphatic carbocycles. The third-order valence-corrected chi connectivity index (χ3v) is 7.43. The molecule has 2 aromatic carbocycles. The summed E-state index contributed by atoms with van der Waals surface area (Å²) in [5.74, 6) is 0.468. The number of amides is 1. The van der Waals surface area contributed by atoms with Crippen molar-refractivity contribution < 1.29 is 9.21 Å². The molecule has 3 aromatic rings. The third-order valence-electron chi connectivity index (χ3n) is 5.90. The average molecular weight is 413 g/mol. The van der Waals surface area contributed by atoms with E-state index in [2.05, 4.69) is 22.4 Å². The Morgan fingerprint density at radius 1 is 1.07 bits per heavy atom. The quantitative estimate of drug-likeness (QED) is 0.616. The molecule has 2 aliphatic rings. The summed E-state index contributed by atoms with van der Waals surface area (Å²) in [6.07, 6.45) is 2.80. The van der Waals surface area contributed by atoms with E-state index in [0.29, 0.717) is 11.1 Å². The molecule has 28 heavy (non-hydrogen) atoms. The van der Waals surface area contributed by atoms with Crippen LogP contribution in [-0.2, 0) is 4.79 Å². The highest BCUT2D eigenvalue weighted by molar-refractivity contribution is 8.00. The Bertz CT molecular complexity index is 959. The van der Waals surface area contributed by atoms with Crippen LogP contribution in [0.3, 0.4) is 0 Å². The van der Waals surface area contributed by atoms with Crippen molar-refractivity contribution in [3.63, 3.8) is 0 Å². The zero-order chi connectivity index (χ0) is 19.1. The van der Waals surface area contributed by atoms with Crippen molar-refractivity contribution >= 4 is 40.4 Å². The normalized spacial score (nSPS) is 30.0. The Balaban J connectivity index is 1.52. The molecule has 6 heteroatoms. The van der Waals surface area contributed by atoms with Crippen molar-refractivity contribution in [2.45, 2.75) is 47.1 Å². The molecule has 144 valence electrons. The summed E-state index contributed by atoms with van der Waals surface area (Å²) in [4.78, 5) is 17.7. The number of halogens is 1. The molecule has 5 unspecified atom stereocenters. The topological polar surface area (TPSA) is 55.1 Å². The SMILES string of the molecule is O=C1NC2CCC(Cl)CC2C(c2ccccc2)C1Sc1nc2ccccc2o1. The van der Waals surface area contributed by atoms with Gasteiger partial charge in [0.1, 0.15) is 5.52 Å². The van der Waals surface area contributed by atoms with Gasteiger partial charge in [-0.05, 0) is 42.9 Å². The minimum absolute atomic E-state index is 0.0652. The number of alkyl halides is 1. The van der Waals surface area contributed by atoms with Crippen molar-refractivity contribution in [3.05, 3.63) is 60.2 Å². The number of nitrogens with zero attached hydrogens (tertiary/aromatic N) is 1. The van der Waals surface area contributed by atoms with Crippen LogP contribution in [0.5, 0.6) is 0 Å². The third kappa shape index (κ3) is 3.31. The first-order valence-corrected chi connectivity index (χ1v) is 11.0. The molecule has 0 spiro atoms. The second-order valence-corrected chi connectivity index (χ2v) is 9.32. The van der Waals surface area contributed by atoms with Crippen LogP contribution in [0.15, 0.2) is 64.2 Å². The lowest BCUT2D eigenvalue weighted by Gasteiger charge is -2.46. The van der Waals surface area contributed by atoms with Gasteiger partial charge in [-0.25, -0.2) is 4.98 Å². The molecule has 1 saturated carbocycles. The van der Waals surface area contributed by atoms with E-state index < -0.39 is 0 Å². The summed E-state index contributed by atoms with van der Waals surface area (Å²) in [5, 5.41) is 3.67. The Hall–Kier alpha value is -1.98. The molecule has 1 saturated heterocycles. The standard InChI is InChI=1S/C22H21ClN2O2S/c23-14-10-11-16-15(12-14)19(13-6-2-1-3-7-13)20(21(26)24-16)28-22-25-17-8-4-5-9-18(17)27-22/h1-9,14-16,19-20H,10-12H2,(H,24,26). The largest absolute Gasteiger partial charge is 0.431 e. The van der Waals surface area contributed by atoms with Crippen molar-refractivity contribution in [3.8, 4) is 0 Å². The van der Waals surface area contributed by atoms with Gasteiger partial charge in [-0.15, -0.1) is 11.6 Å². The number of piperidine rings is 1. The Kier molecular flexibility index (Phi) is 4.81. The van der Waals surface area contributed by atoms with E-state index in [0.717, 1.165) is 30.4 Å². The molecular formula is C22H21ClN2O2S. The Morgan fingerprint density at radius 3 is 2.68 bits per heavy atom. The number of nitrogens with one attached hydrogen (secondary N) is 1. The lowest BCUT2D eigenvalue weighted by Crippen LogP contribution is -2.57. The van der Waals surface area contributed by atoms with E-state index in [1.807, 2.05) is 42.5 Å². The van der Waals surface area contributed by atoms with Crippen LogP contribution in [0.1, 0.15) is 30.7 Å². The van der Waals surface area contributed by atoms with Crippen molar-refractivity contribution in [1.29, 1.82) is 0 Å². The first-order chi connectivity index (χ1) is 13.7. The number of rotatable bonds is 3. The predicted octanol–water partition coefficient (Wildman–Crippen LogP) is 4.98. The number of aromatic nitrogens is 1. The molecule has 5 atom stereocenters. The maximum atomic E-state index is 13.1. The number of carbonyl (C=O) groups is 1. The van der Waals surface area contributed by atoms with E-state index in [1.54, 1.807) is 0 Å². The molecule has 2 heterocycles. The lowest BCUT2D eigenvalue weighted by atomic mass is 9.69. The highest BCUT2D eigenvalue weighted by Crippen LogP contribution is 2.47. The molecule has 0 radical (unpaired) electrons. The zero-order valence-electron chi connectivity index (χ0n) is 15.3. The second-order valence-electron chi connectivity index (χ2n) is 7.61. The number of thioether (sulfide) groups is 1. The van der Waals surface area contributed by atoms with Crippen LogP contribution < -0.4 is 5.32 Å². The summed E-state index contributed by atoms with van der Waals surface area (Å²) in [6, 6.07) is 18.2. The molecule has 1 aliphatic heterocycles. The smallest absolute Gasteiger partial charge is 0.257 e. The molecule has 2 fully saturated rings. The van der Waals surface area contributed by atoms with Gasteiger partial charge in [0.2, 0.25) is 5.91 Å². The minimum Gasteiger partial charge on any atom is -0.431 e. The fourth-order valence-electron chi connectivity index (χ4n) is 4.61. The van der Waals surface area contributed by atoms with Crippen LogP contribution in [0, 0.1) is 5.92 Å². The maximum absolute atomic E-state index is 13.1. The number of benzene rings is 2. The van der Waals surface area contributed by atoms with Crippen LogP contribution in [0.25, 0.3) is 11.1 Å². The minimum atomic E-state index is -0.293. The summed E-state index contributed by atoms with van der Waals surface area (Å²) < 4.78 is 5.91. The number of hydrogen-bond donors (Lipinski definition) is 1. The summed E-state index contributed by atoms with van der Waals surface area (Å²) in [5.41, 5.74) is 2.74. The van der Waals surface area contributed by atoms with Gasteiger partial charge in [0.15, 0.2) is 5.58 Å². The highest BCUT2D eigenvalue weighted by atomic mass is 35.5. The molecule has 1 aromatic heterocycles. The molecule has 5 rings (SSSR count). The summed E-state index contributed by atoms with van der Waals surface area (Å²) >= 11 is 7.96. The lowest BCUT2D eigenvalue weighted by molar-refractivity contribution is -0.125. The Morgan fingerprint density at radius 2 is 1.86 bits per heavy atom. The van der Waals surface area contributed by atoms with Gasteiger partial charge < -0.3 is 9.73 Å². The van der Waals surface area contributed by atoms with Gasteiger partial charge in [0.25, 0.3) is 5.22 Å². The summed E-state index contributed by atoms with van der Waals surface area (Å²) in [7, 11) is 0. The number of oxazole rings is 1. The first kappa shape index (κ1) is 18.1. The van der Waals surface area contributed by atoms with Gasteiger partial charge in [0, 0.05) is 17.3 Å². The number of carbonyl (C=O) groups excluding carboxylic acids is 1. The maximum Gasteiger partial charge on any atom is 0.257 e. The number of fused-ring (bicyclic) bond motifs is 2. The summed E-state index contributed by atoms with van der Waals surface area (Å²) in [6.45, 7) is 0. The van der Waals surface area contributed by atoms with Crippen molar-refractivity contribution in [2.75, 3.05) is 0 Å². The fraction of sp³-hybridized carbons (Fsp3) is 0.364. The van der Waals surface area contributed by atoms with Crippen LogP contribution in [0.2, 0.25) is 0 Å². The fourth-order valence-corrected chi connectivity index (χ4v) is 6.13. The van der Waals surface area contributed by atoms with Crippen molar-refractivity contribution in [2.24, 2.45) is 5.92 Å². The van der Waals surface area contributed by atoms with E-state index in [-0.39, 0.29) is 28.5 Å². The molecule has 0 bridgehead atoms. The monoisotopic (exact) mass is 412 g/mol. The highest BCUT2D eigenvalue weighted by Gasteiger charge is 2.47. The Labute approximate surface area is 173 Å². The van der Waals surface area contributed by atoms with Gasteiger partial charge >= 0.3 is 0 Å². The molecule has 1 N–H and O–H groups in total. The number of hydrogen-bond acceptors (Lipinski definition) is 4. The first-order valence-electron chi connectivity index (χ1n) is 9.70. The average Bonchev–Trinajstić information content (AvgIpc) is 3.12. The van der Waals surface area contributed by atoms with Crippen LogP contribution >= 0.6 is 23.4 Å². The zero-order valence-corrected chi connectivity index (χ0v) is 16.8. The van der Waals surface area contributed by atoms with E-state index in [9.17, 15) is 4.79 Å². The van der Waals surface area contributed by atoms with Gasteiger partial charge in [-0.3, -0.25) is 4.79 Å². The van der Waals surface area contributed by atoms with E-state index in [1.165, 1.54) is 17.3 Å². The van der Waals surface area contributed by atoms with Crippen LogP contribution in [-0.4, -0.2) is 27.6 Å². The van der Waals surface area contributed by atoms with Gasteiger partial charge in [0.05, 0.1) is 5.25 Å². The van der Waals surface area contributed by atoms with Gasteiger partial charge in [-0.1, -0.05) is 54.2 Å². The van der Waals surface area contributed by atoms with Crippen molar-refractivity contribution in [1.82, 2.24) is 10.3 Å². The number of para-hydroxylation sites is 2. The van der Waals surface area contributed by atoms with Gasteiger partial charge in [-0.2, -0.15) is 0 Å². The molecular weight excluding hydrogens is 392 g/mol. The van der Waals surface area contributed by atoms with E-state index in [4.69, 9.17) is 16.0 Å². The second kappa shape index (κ2) is 7.45. The molecule has 1 amide bonds.